The summed E-state index contributed by atoms with van der Waals surface area (Å²) in [5, 5.41) is 0. The van der Waals surface area contributed by atoms with Crippen LogP contribution in [0, 0.1) is 0 Å². The van der Waals surface area contributed by atoms with Gasteiger partial charge in [0.2, 0.25) is 0 Å². The molecule has 0 amide bonds. The van der Waals surface area contributed by atoms with E-state index < -0.39 is 28.7 Å². The lowest BCUT2D eigenvalue weighted by atomic mass is 9.72. The van der Waals surface area contributed by atoms with Crippen LogP contribution in [0.2, 0.25) is 0 Å². The third-order valence-corrected chi connectivity index (χ3v) is 10.3. The van der Waals surface area contributed by atoms with Crippen LogP contribution in [0.15, 0.2) is 36.4 Å². The van der Waals surface area contributed by atoms with Crippen LogP contribution in [-0.4, -0.2) is 13.9 Å². The summed E-state index contributed by atoms with van der Waals surface area (Å²) < 4.78 is 89.0. The first kappa shape index (κ1) is 22.7. The van der Waals surface area contributed by atoms with E-state index in [1.54, 1.807) is 12.1 Å². The van der Waals surface area contributed by atoms with Crippen LogP contribution in [-0.2, 0) is 30.8 Å². The molecule has 3 aliphatic rings. The van der Waals surface area contributed by atoms with E-state index in [0.717, 1.165) is 22.3 Å². The first-order valence-corrected chi connectivity index (χ1v) is 13.4. The molecule has 0 radical (unpaired) electrons. The molecule has 0 aromatic heterocycles. The van der Waals surface area contributed by atoms with Gasteiger partial charge in [-0.05, 0) is 46.9 Å². The number of nitrogens with one attached hydrogen (secondary N) is 1. The van der Waals surface area contributed by atoms with Gasteiger partial charge >= 0.3 is 23.3 Å². The molecule has 0 saturated heterocycles. The largest absolute Gasteiger partial charge is 0.526 e. The van der Waals surface area contributed by atoms with Crippen molar-refractivity contribution in [1.82, 2.24) is 4.49 Å². The minimum atomic E-state index is -6.02. The second-order valence-electron chi connectivity index (χ2n) is 10.3. The van der Waals surface area contributed by atoms with Gasteiger partial charge in [-0.3, -0.25) is 0 Å². The molecule has 2 aromatic rings. The Bertz CT molecular complexity index is 1270. The average Bonchev–Trinajstić information content (AvgIpc) is 3.00. The summed E-state index contributed by atoms with van der Waals surface area (Å²) in [5.74, 6) is 0.119. The third kappa shape index (κ3) is 3.10. The summed E-state index contributed by atoms with van der Waals surface area (Å²) in [4.78, 5) is 0. The summed E-state index contributed by atoms with van der Waals surface area (Å²) in [6.07, 6.45) is 1.37. The van der Waals surface area contributed by atoms with Gasteiger partial charge in [0.1, 0.15) is 11.5 Å². The van der Waals surface area contributed by atoms with Crippen LogP contribution < -0.4 is 13.5 Å². The Balaban J connectivity index is 1.82. The second-order valence-corrected chi connectivity index (χ2v) is 13.8. The second kappa shape index (κ2) is 6.34. The molecule has 0 bridgehead atoms. The number of hydrogen-bond acceptors (Lipinski definition) is 5. The Morgan fingerprint density at radius 3 is 1.70 bits per heavy atom. The minimum Gasteiger partial charge on any atom is -0.404 e. The van der Waals surface area contributed by atoms with Crippen molar-refractivity contribution in [3.8, 4) is 11.5 Å². The number of halogens is 3. The highest BCUT2D eigenvalue weighted by Gasteiger charge is 2.61. The lowest BCUT2D eigenvalue weighted by Gasteiger charge is -2.35. The van der Waals surface area contributed by atoms with Gasteiger partial charge in [0.25, 0.3) is 0 Å². The molecule has 1 spiro atoms. The Morgan fingerprint density at radius 2 is 1.30 bits per heavy atom. The summed E-state index contributed by atoms with van der Waals surface area (Å²) in [7, 11) is -11.1. The van der Waals surface area contributed by atoms with Crippen molar-refractivity contribution in [1.29, 1.82) is 0 Å². The van der Waals surface area contributed by atoms with E-state index >= 15 is 0 Å². The molecule has 33 heavy (non-hydrogen) atoms. The molecule has 1 heterocycles. The molecule has 0 saturated carbocycles. The van der Waals surface area contributed by atoms with Crippen LogP contribution in [0.5, 0.6) is 11.5 Å². The molecule has 5 rings (SSSR count). The standard InChI is InChI=1S/C22H23F3NO5PS/c1-19(2)11-21-12-20(3,4)14-8-6-10-16(18(14)21)31-32(27,26-33(28,29)22(23,24)25)30-15-9-5-7-13(19)17(15)21/h5-10H,11-12H2,1-4H3,(H,26,27). The lowest BCUT2D eigenvalue weighted by molar-refractivity contribution is -0.0443. The summed E-state index contributed by atoms with van der Waals surface area (Å²) in [6.45, 7) is 8.29. The normalized spacial score (nSPS) is 22.9. The van der Waals surface area contributed by atoms with E-state index in [2.05, 4.69) is 27.7 Å². The van der Waals surface area contributed by atoms with Crippen molar-refractivity contribution < 1.29 is 35.2 Å². The van der Waals surface area contributed by atoms with Crippen LogP contribution in [0.1, 0.15) is 62.8 Å². The minimum absolute atomic E-state index is 0.0597. The molecule has 0 unspecified atom stereocenters. The molecule has 1 aliphatic heterocycles. The van der Waals surface area contributed by atoms with Gasteiger partial charge in [-0.1, -0.05) is 56.5 Å². The Hall–Kier alpha value is -2.03. The van der Waals surface area contributed by atoms with Crippen molar-refractivity contribution in [2.45, 2.75) is 62.3 Å². The van der Waals surface area contributed by atoms with E-state index in [9.17, 15) is 26.2 Å². The van der Waals surface area contributed by atoms with E-state index in [-0.39, 0.29) is 22.3 Å². The fourth-order valence-electron chi connectivity index (χ4n) is 6.08. The maximum Gasteiger partial charge on any atom is 0.526 e. The Labute approximate surface area is 190 Å². The van der Waals surface area contributed by atoms with E-state index in [1.807, 2.05) is 12.1 Å². The number of alkyl halides is 3. The fraction of sp³-hybridized carbons (Fsp3) is 0.455. The zero-order valence-electron chi connectivity index (χ0n) is 18.4. The molecule has 178 valence electrons. The monoisotopic (exact) mass is 501 g/mol. The van der Waals surface area contributed by atoms with Crippen molar-refractivity contribution in [2.75, 3.05) is 0 Å². The number of rotatable bonds is 2. The maximum absolute atomic E-state index is 13.6. The molecule has 2 aliphatic carbocycles. The first-order valence-electron chi connectivity index (χ1n) is 10.4. The molecule has 0 fully saturated rings. The summed E-state index contributed by atoms with van der Waals surface area (Å²) >= 11 is 0. The summed E-state index contributed by atoms with van der Waals surface area (Å²) in [6, 6.07) is 10.2. The van der Waals surface area contributed by atoms with Gasteiger partial charge in [0.05, 0.1) is 0 Å². The number of benzene rings is 2. The molecule has 6 nitrogen and oxygen atoms in total. The van der Waals surface area contributed by atoms with Crippen molar-refractivity contribution in [3.05, 3.63) is 58.7 Å². The molecule has 1 N–H and O–H groups in total. The molecule has 11 heteroatoms. The first-order chi connectivity index (χ1) is 15.0. The Morgan fingerprint density at radius 1 is 0.879 bits per heavy atom. The predicted octanol–water partition coefficient (Wildman–Crippen LogP) is 5.65. The summed E-state index contributed by atoms with van der Waals surface area (Å²) in [5.41, 5.74) is -3.62. The van der Waals surface area contributed by atoms with Crippen molar-refractivity contribution in [2.24, 2.45) is 0 Å². The predicted molar refractivity (Wildman–Crippen MR) is 116 cm³/mol. The molecule has 0 atom stereocenters. The average molecular weight is 501 g/mol. The molecular formula is C22H23F3NO5PS. The van der Waals surface area contributed by atoms with Gasteiger partial charge in [0, 0.05) is 16.5 Å². The zero-order chi connectivity index (χ0) is 24.2. The fourth-order valence-corrected chi connectivity index (χ4v) is 8.83. The Kier molecular flexibility index (Phi) is 4.37. The smallest absolute Gasteiger partial charge is 0.404 e. The third-order valence-electron chi connectivity index (χ3n) is 6.93. The highest BCUT2D eigenvalue weighted by molar-refractivity contribution is 7.95. The van der Waals surface area contributed by atoms with Gasteiger partial charge in [-0.15, -0.1) is 0 Å². The topological polar surface area (TPSA) is 81.7 Å². The van der Waals surface area contributed by atoms with E-state index in [1.165, 1.54) is 16.6 Å². The van der Waals surface area contributed by atoms with Gasteiger partial charge in [-0.25, -0.2) is 13.0 Å². The SMILES string of the molecule is CC1(C)CC23CC(C)(C)c4cccc(c42)OP(=O)(NS(=O)(=O)C(F)(F)F)Oc2cccc1c23. The van der Waals surface area contributed by atoms with Gasteiger partial charge in [0.15, 0.2) is 0 Å². The van der Waals surface area contributed by atoms with Gasteiger partial charge < -0.3 is 9.05 Å². The highest BCUT2D eigenvalue weighted by atomic mass is 32.2. The lowest BCUT2D eigenvalue weighted by Crippen LogP contribution is -2.37. The van der Waals surface area contributed by atoms with Crippen LogP contribution in [0.4, 0.5) is 13.2 Å². The van der Waals surface area contributed by atoms with Crippen molar-refractivity contribution in [3.63, 3.8) is 0 Å². The van der Waals surface area contributed by atoms with Crippen molar-refractivity contribution >= 4 is 17.8 Å². The number of sulfonamides is 1. The van der Waals surface area contributed by atoms with E-state index in [4.69, 9.17) is 9.05 Å². The van der Waals surface area contributed by atoms with Crippen LogP contribution in [0.25, 0.3) is 0 Å². The zero-order valence-corrected chi connectivity index (χ0v) is 20.1. The van der Waals surface area contributed by atoms with Crippen LogP contribution >= 0.6 is 7.75 Å². The van der Waals surface area contributed by atoms with E-state index in [0.29, 0.717) is 12.8 Å². The highest BCUT2D eigenvalue weighted by Crippen LogP contribution is 2.69. The van der Waals surface area contributed by atoms with Crippen LogP contribution in [0.3, 0.4) is 0 Å². The van der Waals surface area contributed by atoms with Gasteiger partial charge in [-0.2, -0.15) is 13.2 Å². The molecular weight excluding hydrogens is 478 g/mol. The molecule has 2 aromatic carbocycles. The maximum atomic E-state index is 13.6. The quantitative estimate of drug-likeness (QED) is 0.538. The number of hydrogen-bond donors (Lipinski definition) is 1.